The molecule has 1 aromatic carbocycles. The van der Waals surface area contributed by atoms with Gasteiger partial charge in [-0.1, -0.05) is 30.3 Å². The van der Waals surface area contributed by atoms with Crippen LogP contribution >= 0.6 is 11.3 Å². The molecule has 0 aliphatic rings. The number of hydrogen-bond acceptors (Lipinski definition) is 3. The van der Waals surface area contributed by atoms with E-state index in [1.807, 2.05) is 18.4 Å². The lowest BCUT2D eigenvalue weighted by Gasteiger charge is -2.26. The van der Waals surface area contributed by atoms with Gasteiger partial charge in [-0.15, -0.1) is 11.3 Å². The quantitative estimate of drug-likeness (QED) is 0.832. The zero-order valence-electron chi connectivity index (χ0n) is 12.6. The molecule has 2 nitrogen and oxygen atoms in total. The second-order valence-corrected chi connectivity index (χ2v) is 6.46. The Kier molecular flexibility index (Phi) is 5.77. The van der Waals surface area contributed by atoms with E-state index in [1.54, 1.807) is 0 Å². The summed E-state index contributed by atoms with van der Waals surface area (Å²) in [6.07, 6.45) is 0. The molecule has 1 N–H and O–H groups in total. The van der Waals surface area contributed by atoms with E-state index < -0.39 is 0 Å². The van der Waals surface area contributed by atoms with Crippen LogP contribution in [0.2, 0.25) is 0 Å². The maximum Gasteiger partial charge on any atom is 0.0334 e. The first kappa shape index (κ1) is 15.2. The first-order chi connectivity index (χ1) is 9.69. The van der Waals surface area contributed by atoms with Gasteiger partial charge in [-0.05, 0) is 43.5 Å². The second kappa shape index (κ2) is 7.58. The Bertz CT molecular complexity index is 488. The van der Waals surface area contributed by atoms with Crippen LogP contribution in [0.15, 0.2) is 41.8 Å². The van der Waals surface area contributed by atoms with Gasteiger partial charge in [0.05, 0.1) is 0 Å². The molecule has 1 heterocycles. The standard InChI is InChI=1S/C17H24N2S/c1-14(2)19(13-17-5-4-10-20-17)12-16-8-6-15(7-9-16)11-18-3/h4-10,14,18H,11-13H2,1-3H3. The van der Waals surface area contributed by atoms with Gasteiger partial charge in [-0.2, -0.15) is 0 Å². The van der Waals surface area contributed by atoms with Crippen molar-refractivity contribution in [3.05, 3.63) is 57.8 Å². The molecule has 1 aromatic heterocycles. The number of rotatable bonds is 7. The summed E-state index contributed by atoms with van der Waals surface area (Å²) >= 11 is 1.84. The third kappa shape index (κ3) is 4.44. The molecule has 0 amide bonds. The largest absolute Gasteiger partial charge is 0.316 e. The Morgan fingerprint density at radius 3 is 2.30 bits per heavy atom. The second-order valence-electron chi connectivity index (χ2n) is 5.42. The van der Waals surface area contributed by atoms with E-state index in [-0.39, 0.29) is 0 Å². The van der Waals surface area contributed by atoms with Crippen LogP contribution in [-0.4, -0.2) is 18.0 Å². The fourth-order valence-corrected chi connectivity index (χ4v) is 2.95. The Balaban J connectivity index is 2.00. The van der Waals surface area contributed by atoms with Gasteiger partial charge in [-0.3, -0.25) is 4.90 Å². The van der Waals surface area contributed by atoms with Gasteiger partial charge >= 0.3 is 0 Å². The summed E-state index contributed by atoms with van der Waals surface area (Å²) in [6, 6.07) is 13.8. The Morgan fingerprint density at radius 2 is 1.75 bits per heavy atom. The van der Waals surface area contributed by atoms with Gasteiger partial charge in [0, 0.05) is 30.6 Å². The van der Waals surface area contributed by atoms with Crippen LogP contribution < -0.4 is 5.32 Å². The van der Waals surface area contributed by atoms with E-state index in [0.717, 1.165) is 19.6 Å². The number of nitrogens with one attached hydrogen (secondary N) is 1. The molecule has 108 valence electrons. The number of nitrogens with zero attached hydrogens (tertiary/aromatic N) is 1. The zero-order chi connectivity index (χ0) is 14.4. The molecule has 2 aromatic rings. The lowest BCUT2D eigenvalue weighted by atomic mass is 10.1. The minimum absolute atomic E-state index is 0.550. The third-order valence-electron chi connectivity index (χ3n) is 3.46. The molecule has 0 radical (unpaired) electrons. The third-order valence-corrected chi connectivity index (χ3v) is 4.32. The Labute approximate surface area is 126 Å². The minimum atomic E-state index is 0.550. The molecule has 0 spiro atoms. The smallest absolute Gasteiger partial charge is 0.0334 e. The van der Waals surface area contributed by atoms with E-state index in [0.29, 0.717) is 6.04 Å². The number of thiophene rings is 1. The highest BCUT2D eigenvalue weighted by Gasteiger charge is 2.11. The van der Waals surface area contributed by atoms with Crippen molar-refractivity contribution < 1.29 is 0 Å². The lowest BCUT2D eigenvalue weighted by Crippen LogP contribution is -2.29. The topological polar surface area (TPSA) is 15.3 Å². The summed E-state index contributed by atoms with van der Waals surface area (Å²) in [5, 5.41) is 5.34. The van der Waals surface area contributed by atoms with Crippen molar-refractivity contribution in [2.24, 2.45) is 0 Å². The molecule has 0 saturated heterocycles. The normalized spacial score (nSPS) is 11.4. The van der Waals surface area contributed by atoms with Crippen LogP contribution in [0.1, 0.15) is 29.9 Å². The van der Waals surface area contributed by atoms with Crippen molar-refractivity contribution in [2.75, 3.05) is 7.05 Å². The lowest BCUT2D eigenvalue weighted by molar-refractivity contribution is 0.205. The Hall–Kier alpha value is -1.16. The highest BCUT2D eigenvalue weighted by Crippen LogP contribution is 2.17. The number of hydrogen-bond donors (Lipinski definition) is 1. The molecule has 3 heteroatoms. The molecule has 2 rings (SSSR count). The van der Waals surface area contributed by atoms with Crippen molar-refractivity contribution in [2.45, 2.75) is 39.5 Å². The van der Waals surface area contributed by atoms with Crippen molar-refractivity contribution >= 4 is 11.3 Å². The van der Waals surface area contributed by atoms with E-state index in [9.17, 15) is 0 Å². The molecule has 0 saturated carbocycles. The summed E-state index contributed by atoms with van der Waals surface area (Å²) in [5.41, 5.74) is 2.72. The summed E-state index contributed by atoms with van der Waals surface area (Å²) in [6.45, 7) is 7.51. The van der Waals surface area contributed by atoms with Crippen LogP contribution in [0, 0.1) is 0 Å². The van der Waals surface area contributed by atoms with Crippen molar-refractivity contribution in [3.63, 3.8) is 0 Å². The molecular formula is C17H24N2S. The predicted molar refractivity (Wildman–Crippen MR) is 87.9 cm³/mol. The van der Waals surface area contributed by atoms with E-state index in [1.165, 1.54) is 16.0 Å². The van der Waals surface area contributed by atoms with Crippen LogP contribution in [0.4, 0.5) is 0 Å². The maximum absolute atomic E-state index is 3.18. The first-order valence-corrected chi connectivity index (χ1v) is 8.06. The Morgan fingerprint density at radius 1 is 1.05 bits per heavy atom. The van der Waals surface area contributed by atoms with Crippen molar-refractivity contribution in [1.82, 2.24) is 10.2 Å². The summed E-state index contributed by atoms with van der Waals surface area (Å²) in [5.74, 6) is 0. The van der Waals surface area contributed by atoms with Gasteiger partial charge in [-0.25, -0.2) is 0 Å². The summed E-state index contributed by atoms with van der Waals surface area (Å²) in [7, 11) is 1.98. The molecule has 0 fully saturated rings. The monoisotopic (exact) mass is 288 g/mol. The zero-order valence-corrected chi connectivity index (χ0v) is 13.4. The molecule has 0 atom stereocenters. The average Bonchev–Trinajstić information content (AvgIpc) is 2.93. The predicted octanol–water partition coefficient (Wildman–Crippen LogP) is 3.88. The summed E-state index contributed by atoms with van der Waals surface area (Å²) in [4.78, 5) is 3.95. The van der Waals surface area contributed by atoms with E-state index in [2.05, 4.69) is 65.8 Å². The van der Waals surface area contributed by atoms with Gasteiger partial charge in [0.15, 0.2) is 0 Å². The molecule has 0 bridgehead atoms. The minimum Gasteiger partial charge on any atom is -0.316 e. The molecule has 0 unspecified atom stereocenters. The highest BCUT2D eigenvalue weighted by molar-refractivity contribution is 7.09. The average molecular weight is 288 g/mol. The van der Waals surface area contributed by atoms with E-state index in [4.69, 9.17) is 0 Å². The van der Waals surface area contributed by atoms with Gasteiger partial charge in [0.25, 0.3) is 0 Å². The van der Waals surface area contributed by atoms with Crippen molar-refractivity contribution in [1.29, 1.82) is 0 Å². The highest BCUT2D eigenvalue weighted by atomic mass is 32.1. The fraction of sp³-hybridized carbons (Fsp3) is 0.412. The molecule has 0 aliphatic heterocycles. The fourth-order valence-electron chi connectivity index (χ4n) is 2.22. The SMILES string of the molecule is CNCc1ccc(CN(Cc2cccs2)C(C)C)cc1. The first-order valence-electron chi connectivity index (χ1n) is 7.18. The van der Waals surface area contributed by atoms with Crippen molar-refractivity contribution in [3.8, 4) is 0 Å². The molecule has 20 heavy (non-hydrogen) atoms. The summed E-state index contributed by atoms with van der Waals surface area (Å²) < 4.78 is 0. The van der Waals surface area contributed by atoms with E-state index >= 15 is 0 Å². The van der Waals surface area contributed by atoms with Gasteiger partial charge in [0.1, 0.15) is 0 Å². The van der Waals surface area contributed by atoms with Crippen LogP contribution in [0.25, 0.3) is 0 Å². The van der Waals surface area contributed by atoms with Gasteiger partial charge in [0.2, 0.25) is 0 Å². The maximum atomic E-state index is 3.18. The van der Waals surface area contributed by atoms with Crippen LogP contribution in [-0.2, 0) is 19.6 Å². The molecule has 0 aliphatic carbocycles. The van der Waals surface area contributed by atoms with Gasteiger partial charge < -0.3 is 5.32 Å². The number of benzene rings is 1. The molecular weight excluding hydrogens is 264 g/mol. The van der Waals surface area contributed by atoms with Crippen LogP contribution in [0.3, 0.4) is 0 Å². The van der Waals surface area contributed by atoms with Crippen LogP contribution in [0.5, 0.6) is 0 Å².